The first kappa shape index (κ1) is 34.2. The molecule has 0 fully saturated rings. The summed E-state index contributed by atoms with van der Waals surface area (Å²) in [5, 5.41) is 27.4. The first-order valence-corrected chi connectivity index (χ1v) is 13.8. The Bertz CT molecular complexity index is 744. The standard InChI is InChI=1S/C26H43O9P/c1-2-3-4-5-6-7-8-9-10-11-12-13-14-15-16-17-18-19-26(30)33-21-25(29)23-35-36(31,32)34-22-24(28)20-27/h3-4,6-7,9-10,12-13,15-16,24-25,27-29H,2,5,8,11,14,17-23H2,1H3,(H,31,32)/b4-3-,7-6-,10-9-,13-12-,16-15-/t24-,25+/m0/s1. The molecule has 0 saturated carbocycles. The Morgan fingerprint density at radius 3 is 1.75 bits per heavy atom. The van der Waals surface area contributed by atoms with Crippen molar-refractivity contribution < 1.29 is 43.4 Å². The van der Waals surface area contributed by atoms with E-state index in [0.717, 1.165) is 38.5 Å². The van der Waals surface area contributed by atoms with Gasteiger partial charge in [-0.2, -0.15) is 0 Å². The second kappa shape index (κ2) is 23.6. The molecule has 3 atom stereocenters. The Balaban J connectivity index is 3.76. The summed E-state index contributed by atoms with van der Waals surface area (Å²) in [5.41, 5.74) is 0. The second-order valence-corrected chi connectivity index (χ2v) is 9.29. The highest BCUT2D eigenvalue weighted by Crippen LogP contribution is 2.43. The third-order valence-corrected chi connectivity index (χ3v) is 5.37. The van der Waals surface area contributed by atoms with E-state index in [4.69, 9.17) is 14.9 Å². The molecule has 36 heavy (non-hydrogen) atoms. The molecule has 10 heteroatoms. The quantitative estimate of drug-likeness (QED) is 0.0697. The van der Waals surface area contributed by atoms with E-state index >= 15 is 0 Å². The number of allylic oxidation sites excluding steroid dienone is 10. The molecule has 0 bridgehead atoms. The van der Waals surface area contributed by atoms with Crippen LogP contribution in [-0.4, -0.2) is 64.8 Å². The molecular weight excluding hydrogens is 487 g/mol. The number of esters is 1. The zero-order valence-corrected chi connectivity index (χ0v) is 22.1. The summed E-state index contributed by atoms with van der Waals surface area (Å²) in [6.07, 6.45) is 24.8. The van der Waals surface area contributed by atoms with Gasteiger partial charge in [0.2, 0.25) is 0 Å². The smallest absolute Gasteiger partial charge is 0.463 e. The number of carbonyl (C=O) groups is 1. The molecule has 0 aromatic heterocycles. The molecule has 0 heterocycles. The third kappa shape index (κ3) is 23.9. The van der Waals surface area contributed by atoms with Gasteiger partial charge in [-0.3, -0.25) is 13.8 Å². The molecule has 1 unspecified atom stereocenters. The van der Waals surface area contributed by atoms with Crippen LogP contribution in [-0.2, 0) is 23.1 Å². The van der Waals surface area contributed by atoms with Gasteiger partial charge in [-0.05, 0) is 44.9 Å². The molecule has 0 aromatic rings. The molecule has 206 valence electrons. The van der Waals surface area contributed by atoms with Gasteiger partial charge in [0.15, 0.2) is 0 Å². The van der Waals surface area contributed by atoms with Crippen molar-refractivity contribution in [2.75, 3.05) is 26.4 Å². The largest absolute Gasteiger partial charge is 0.472 e. The number of carbonyl (C=O) groups excluding carboxylic acids is 1. The Morgan fingerprint density at radius 2 is 1.25 bits per heavy atom. The minimum Gasteiger partial charge on any atom is -0.463 e. The van der Waals surface area contributed by atoms with Crippen LogP contribution in [0.2, 0.25) is 0 Å². The van der Waals surface area contributed by atoms with E-state index in [1.165, 1.54) is 0 Å². The van der Waals surface area contributed by atoms with Crippen molar-refractivity contribution in [3.8, 4) is 0 Å². The van der Waals surface area contributed by atoms with Gasteiger partial charge in [-0.1, -0.05) is 67.7 Å². The predicted octanol–water partition coefficient (Wildman–Crippen LogP) is 4.30. The molecule has 4 N–H and O–H groups in total. The SMILES string of the molecule is CC/C=C\C/C=C\C/C=C\C/C=C\C/C=C\CCCC(=O)OC[C@@H](O)COP(=O)(O)OC[C@@H](O)CO. The van der Waals surface area contributed by atoms with Crippen LogP contribution in [0.5, 0.6) is 0 Å². The molecule has 0 rings (SSSR count). The van der Waals surface area contributed by atoms with E-state index in [2.05, 4.69) is 64.6 Å². The number of unbranched alkanes of at least 4 members (excludes halogenated alkanes) is 1. The van der Waals surface area contributed by atoms with Gasteiger partial charge >= 0.3 is 13.8 Å². The Morgan fingerprint density at radius 1 is 0.778 bits per heavy atom. The lowest BCUT2D eigenvalue weighted by molar-refractivity contribution is -0.147. The summed E-state index contributed by atoms with van der Waals surface area (Å²) in [5.74, 6) is -0.490. The van der Waals surface area contributed by atoms with Crippen molar-refractivity contribution in [1.29, 1.82) is 0 Å². The van der Waals surface area contributed by atoms with Crippen LogP contribution in [0.3, 0.4) is 0 Å². The Kier molecular flexibility index (Phi) is 22.3. The maximum atomic E-state index is 11.7. The van der Waals surface area contributed by atoms with E-state index in [1.807, 2.05) is 12.2 Å². The van der Waals surface area contributed by atoms with E-state index < -0.39 is 45.8 Å². The van der Waals surface area contributed by atoms with Crippen molar-refractivity contribution in [2.45, 2.75) is 70.5 Å². The zero-order chi connectivity index (χ0) is 26.9. The molecule has 9 nitrogen and oxygen atoms in total. The minimum absolute atomic E-state index is 0.183. The van der Waals surface area contributed by atoms with Crippen molar-refractivity contribution >= 4 is 13.8 Å². The number of hydrogen-bond acceptors (Lipinski definition) is 8. The molecule has 0 saturated heterocycles. The van der Waals surface area contributed by atoms with E-state index in [9.17, 15) is 19.4 Å². The highest BCUT2D eigenvalue weighted by molar-refractivity contribution is 7.47. The number of ether oxygens (including phenoxy) is 1. The van der Waals surface area contributed by atoms with E-state index in [1.54, 1.807) is 0 Å². The van der Waals surface area contributed by atoms with Gasteiger partial charge in [0.1, 0.15) is 18.8 Å². The summed E-state index contributed by atoms with van der Waals surface area (Å²) in [6, 6.07) is 0. The predicted molar refractivity (Wildman–Crippen MR) is 140 cm³/mol. The van der Waals surface area contributed by atoms with E-state index in [0.29, 0.717) is 6.42 Å². The maximum absolute atomic E-state index is 11.7. The molecular formula is C26H43O9P. The van der Waals surface area contributed by atoms with Crippen LogP contribution in [0.4, 0.5) is 0 Å². The molecule has 0 amide bonds. The fourth-order valence-corrected chi connectivity index (χ4v) is 3.29. The Labute approximate surface area is 215 Å². The fourth-order valence-electron chi connectivity index (χ4n) is 2.49. The van der Waals surface area contributed by atoms with Gasteiger partial charge in [0.05, 0.1) is 19.8 Å². The topological polar surface area (TPSA) is 143 Å². The van der Waals surface area contributed by atoms with Gasteiger partial charge < -0.3 is 24.9 Å². The normalized spacial score (nSPS) is 16.0. The molecule has 0 radical (unpaired) electrons. The molecule has 0 aliphatic rings. The van der Waals surface area contributed by atoms with Gasteiger partial charge in [-0.15, -0.1) is 0 Å². The number of phosphoric acid groups is 1. The first-order chi connectivity index (χ1) is 17.3. The fraction of sp³-hybridized carbons (Fsp3) is 0.577. The monoisotopic (exact) mass is 530 g/mol. The average molecular weight is 531 g/mol. The van der Waals surface area contributed by atoms with Gasteiger partial charge in [0, 0.05) is 6.42 Å². The van der Waals surface area contributed by atoms with Crippen molar-refractivity contribution in [1.82, 2.24) is 0 Å². The number of aliphatic hydroxyl groups excluding tert-OH is 3. The van der Waals surface area contributed by atoms with Crippen LogP contribution in [0.15, 0.2) is 60.8 Å². The van der Waals surface area contributed by atoms with E-state index in [-0.39, 0.29) is 13.0 Å². The minimum atomic E-state index is -4.50. The number of aliphatic hydroxyl groups is 3. The van der Waals surface area contributed by atoms with Crippen molar-refractivity contribution in [3.63, 3.8) is 0 Å². The molecule has 0 aliphatic heterocycles. The van der Waals surface area contributed by atoms with Crippen LogP contribution in [0.25, 0.3) is 0 Å². The van der Waals surface area contributed by atoms with Crippen molar-refractivity contribution in [3.05, 3.63) is 60.8 Å². The number of hydrogen-bond donors (Lipinski definition) is 4. The van der Waals surface area contributed by atoms with Gasteiger partial charge in [-0.25, -0.2) is 4.57 Å². The van der Waals surface area contributed by atoms with Crippen LogP contribution in [0.1, 0.15) is 58.3 Å². The summed E-state index contributed by atoms with van der Waals surface area (Å²) in [7, 11) is -4.50. The summed E-state index contributed by atoms with van der Waals surface area (Å²) < 4.78 is 25.4. The lowest BCUT2D eigenvalue weighted by Gasteiger charge is -2.16. The molecule has 0 aromatic carbocycles. The van der Waals surface area contributed by atoms with Crippen molar-refractivity contribution in [2.24, 2.45) is 0 Å². The van der Waals surface area contributed by atoms with Gasteiger partial charge in [0.25, 0.3) is 0 Å². The highest BCUT2D eigenvalue weighted by Gasteiger charge is 2.24. The number of rotatable bonds is 22. The van der Waals surface area contributed by atoms with Crippen LogP contribution >= 0.6 is 7.82 Å². The molecule has 0 spiro atoms. The summed E-state index contributed by atoms with van der Waals surface area (Å²) in [4.78, 5) is 21.1. The van der Waals surface area contributed by atoms with Crippen LogP contribution < -0.4 is 0 Å². The molecule has 0 aliphatic carbocycles. The highest BCUT2D eigenvalue weighted by atomic mass is 31.2. The van der Waals surface area contributed by atoms with Crippen LogP contribution in [0, 0.1) is 0 Å². The second-order valence-electron chi connectivity index (χ2n) is 7.83. The summed E-state index contributed by atoms with van der Waals surface area (Å²) >= 11 is 0. The lowest BCUT2D eigenvalue weighted by Crippen LogP contribution is -2.24. The average Bonchev–Trinajstić information content (AvgIpc) is 2.86. The lowest BCUT2D eigenvalue weighted by atomic mass is 10.2. The summed E-state index contributed by atoms with van der Waals surface area (Å²) in [6.45, 7) is -0.108. The third-order valence-electron chi connectivity index (χ3n) is 4.42. The first-order valence-electron chi connectivity index (χ1n) is 12.3. The number of phosphoric ester groups is 1. The Hall–Kier alpha value is -1.84. The zero-order valence-electron chi connectivity index (χ0n) is 21.2. The maximum Gasteiger partial charge on any atom is 0.472 e.